The average Bonchev–Trinajstić information content (AvgIpc) is 2.32. The van der Waals surface area contributed by atoms with Crippen molar-refractivity contribution in [2.45, 2.75) is 31.6 Å². The number of ether oxygens (including phenoxy) is 1. The van der Waals surface area contributed by atoms with Gasteiger partial charge in [-0.15, -0.1) is 0 Å². The Bertz CT molecular complexity index is 229. The lowest BCUT2D eigenvalue weighted by Gasteiger charge is -2.13. The van der Waals surface area contributed by atoms with Crippen LogP contribution in [0.2, 0.25) is 0 Å². The second-order valence-corrected chi connectivity index (χ2v) is 5.30. The zero-order chi connectivity index (χ0) is 9.19. The van der Waals surface area contributed by atoms with Gasteiger partial charge in [-0.3, -0.25) is 0 Å². The average molecular weight is 193 g/mol. The topological polar surface area (TPSA) is 55.4 Å². The van der Waals surface area contributed by atoms with Crippen molar-refractivity contribution in [2.75, 3.05) is 13.2 Å². The third-order valence-electron chi connectivity index (χ3n) is 1.73. The molecule has 4 nitrogen and oxygen atoms in total. The predicted octanol–water partition coefficient (Wildman–Crippen LogP) is 0.103. The van der Waals surface area contributed by atoms with E-state index in [1.54, 1.807) is 0 Å². The van der Waals surface area contributed by atoms with E-state index in [9.17, 15) is 8.42 Å². The lowest BCUT2D eigenvalue weighted by molar-refractivity contribution is 0.198. The summed E-state index contributed by atoms with van der Waals surface area (Å²) in [6.45, 7) is 4.52. The monoisotopic (exact) mass is 193 g/mol. The third kappa shape index (κ3) is 2.43. The molecule has 72 valence electrons. The van der Waals surface area contributed by atoms with Crippen LogP contribution in [0.5, 0.6) is 0 Å². The molecule has 1 aliphatic rings. The molecule has 0 saturated carbocycles. The number of hydrogen-bond acceptors (Lipinski definition) is 3. The summed E-state index contributed by atoms with van der Waals surface area (Å²) in [4.78, 5) is 0. The fourth-order valence-electron chi connectivity index (χ4n) is 1.18. The van der Waals surface area contributed by atoms with Gasteiger partial charge in [-0.25, -0.2) is 13.1 Å². The van der Waals surface area contributed by atoms with E-state index in [1.165, 1.54) is 0 Å². The first-order valence-electron chi connectivity index (χ1n) is 4.11. The van der Waals surface area contributed by atoms with Crippen LogP contribution in [0.1, 0.15) is 20.3 Å². The van der Waals surface area contributed by atoms with Gasteiger partial charge in [0.05, 0.1) is 6.61 Å². The number of rotatable bonds is 3. The quantitative estimate of drug-likeness (QED) is 0.691. The Hall–Kier alpha value is -0.130. The number of hydrogen-bond donors (Lipinski definition) is 1. The first-order valence-corrected chi connectivity index (χ1v) is 5.66. The minimum Gasteiger partial charge on any atom is -0.380 e. The van der Waals surface area contributed by atoms with Crippen LogP contribution in [-0.2, 0) is 14.8 Å². The highest BCUT2D eigenvalue weighted by Crippen LogP contribution is 2.12. The summed E-state index contributed by atoms with van der Waals surface area (Å²) in [6, 6.07) is -0.0319. The molecule has 1 N–H and O–H groups in total. The second kappa shape index (κ2) is 3.72. The molecular weight excluding hydrogens is 178 g/mol. The molecule has 0 unspecified atom stereocenters. The Morgan fingerprint density at radius 1 is 1.50 bits per heavy atom. The van der Waals surface area contributed by atoms with Gasteiger partial charge in [-0.1, -0.05) is 0 Å². The van der Waals surface area contributed by atoms with E-state index >= 15 is 0 Å². The highest BCUT2D eigenvalue weighted by Gasteiger charge is 2.29. The minimum absolute atomic E-state index is 0.0319. The van der Waals surface area contributed by atoms with Crippen molar-refractivity contribution < 1.29 is 13.2 Å². The van der Waals surface area contributed by atoms with Crippen LogP contribution < -0.4 is 4.72 Å². The van der Waals surface area contributed by atoms with Crippen LogP contribution >= 0.6 is 0 Å². The zero-order valence-corrected chi connectivity index (χ0v) is 8.23. The molecule has 1 saturated heterocycles. The fourth-order valence-corrected chi connectivity index (χ4v) is 2.71. The molecule has 1 fully saturated rings. The Kier molecular flexibility index (Phi) is 3.09. The molecule has 0 spiro atoms. The smallest absolute Gasteiger partial charge is 0.217 e. The highest BCUT2D eigenvalue weighted by molar-refractivity contribution is 7.90. The molecule has 0 radical (unpaired) electrons. The van der Waals surface area contributed by atoms with Crippen molar-refractivity contribution in [3.05, 3.63) is 0 Å². The van der Waals surface area contributed by atoms with Gasteiger partial charge in [0.15, 0.2) is 0 Å². The maximum atomic E-state index is 11.5. The van der Waals surface area contributed by atoms with Crippen molar-refractivity contribution in [1.29, 1.82) is 0 Å². The molecular formula is C7H15NO3S. The lowest BCUT2D eigenvalue weighted by atomic mass is 10.4. The predicted molar refractivity (Wildman–Crippen MR) is 46.4 cm³/mol. The third-order valence-corrected chi connectivity index (χ3v) is 3.78. The first-order chi connectivity index (χ1) is 5.52. The molecule has 0 amide bonds. The van der Waals surface area contributed by atoms with Crippen molar-refractivity contribution >= 4 is 10.0 Å². The number of nitrogens with one attached hydrogen (secondary N) is 1. The Morgan fingerprint density at radius 3 is 2.58 bits per heavy atom. The SMILES string of the molecule is CC(C)NS(=O)(=O)[C@@H]1CCOC1. The van der Waals surface area contributed by atoms with E-state index in [4.69, 9.17) is 4.74 Å². The summed E-state index contributed by atoms with van der Waals surface area (Å²) in [5.41, 5.74) is 0. The van der Waals surface area contributed by atoms with Crippen LogP contribution in [0.15, 0.2) is 0 Å². The molecule has 0 aliphatic carbocycles. The zero-order valence-electron chi connectivity index (χ0n) is 7.41. The van der Waals surface area contributed by atoms with E-state index in [0.29, 0.717) is 19.6 Å². The molecule has 12 heavy (non-hydrogen) atoms. The van der Waals surface area contributed by atoms with Crippen molar-refractivity contribution in [3.8, 4) is 0 Å². The first kappa shape index (κ1) is 9.95. The summed E-state index contributed by atoms with van der Waals surface area (Å²) < 4.78 is 30.5. The summed E-state index contributed by atoms with van der Waals surface area (Å²) in [5, 5.41) is -0.347. The van der Waals surface area contributed by atoms with Gasteiger partial charge in [0.2, 0.25) is 10.0 Å². The molecule has 1 aliphatic heterocycles. The largest absolute Gasteiger partial charge is 0.380 e. The molecule has 0 aromatic rings. The van der Waals surface area contributed by atoms with Crippen molar-refractivity contribution in [3.63, 3.8) is 0 Å². The second-order valence-electron chi connectivity index (χ2n) is 3.30. The van der Waals surface area contributed by atoms with E-state index in [1.807, 2.05) is 13.8 Å². The molecule has 0 aromatic carbocycles. The van der Waals surface area contributed by atoms with Gasteiger partial charge in [-0.05, 0) is 20.3 Å². The maximum Gasteiger partial charge on any atom is 0.217 e. The maximum absolute atomic E-state index is 11.5. The Labute approximate surface area is 73.3 Å². The van der Waals surface area contributed by atoms with Gasteiger partial charge in [0, 0.05) is 12.6 Å². The van der Waals surface area contributed by atoms with E-state index in [0.717, 1.165) is 0 Å². The van der Waals surface area contributed by atoms with Gasteiger partial charge in [0.25, 0.3) is 0 Å². The van der Waals surface area contributed by atoms with Gasteiger partial charge in [0.1, 0.15) is 5.25 Å². The molecule has 0 bridgehead atoms. The molecule has 0 aromatic heterocycles. The van der Waals surface area contributed by atoms with Crippen LogP contribution in [0.3, 0.4) is 0 Å². The fraction of sp³-hybridized carbons (Fsp3) is 1.00. The van der Waals surface area contributed by atoms with Gasteiger partial charge in [-0.2, -0.15) is 0 Å². The van der Waals surface area contributed by atoms with Gasteiger partial charge < -0.3 is 4.74 Å². The van der Waals surface area contributed by atoms with Crippen LogP contribution in [-0.4, -0.2) is 32.9 Å². The summed E-state index contributed by atoms with van der Waals surface area (Å²) in [6.07, 6.45) is 0.613. The van der Waals surface area contributed by atoms with Crippen LogP contribution in [0.25, 0.3) is 0 Å². The summed E-state index contributed by atoms with van der Waals surface area (Å²) in [7, 11) is -3.13. The van der Waals surface area contributed by atoms with Crippen molar-refractivity contribution in [2.24, 2.45) is 0 Å². The summed E-state index contributed by atoms with van der Waals surface area (Å²) in [5.74, 6) is 0. The van der Waals surface area contributed by atoms with Crippen LogP contribution in [0.4, 0.5) is 0 Å². The summed E-state index contributed by atoms with van der Waals surface area (Å²) >= 11 is 0. The van der Waals surface area contributed by atoms with E-state index in [-0.39, 0.29) is 11.3 Å². The highest BCUT2D eigenvalue weighted by atomic mass is 32.2. The molecule has 1 atom stereocenters. The lowest BCUT2D eigenvalue weighted by Crippen LogP contribution is -2.38. The molecule has 5 heteroatoms. The van der Waals surface area contributed by atoms with Crippen molar-refractivity contribution in [1.82, 2.24) is 4.72 Å². The number of sulfonamides is 1. The minimum atomic E-state index is -3.13. The van der Waals surface area contributed by atoms with E-state index < -0.39 is 10.0 Å². The molecule has 1 rings (SSSR count). The Morgan fingerprint density at radius 2 is 2.17 bits per heavy atom. The van der Waals surface area contributed by atoms with Gasteiger partial charge >= 0.3 is 0 Å². The normalized spacial score (nSPS) is 25.1. The standard InChI is InChI=1S/C7H15NO3S/c1-6(2)8-12(9,10)7-3-4-11-5-7/h6-8H,3-5H2,1-2H3/t7-/m1/s1. The Balaban J connectivity index is 2.58. The molecule has 1 heterocycles. The van der Waals surface area contributed by atoms with Crippen LogP contribution in [0, 0.1) is 0 Å². The van der Waals surface area contributed by atoms with E-state index in [2.05, 4.69) is 4.72 Å².